The zero-order valence-corrected chi connectivity index (χ0v) is 16.4. The van der Waals surface area contributed by atoms with Crippen molar-refractivity contribution in [1.29, 1.82) is 0 Å². The lowest BCUT2D eigenvalue weighted by Crippen LogP contribution is -2.46. The van der Waals surface area contributed by atoms with Gasteiger partial charge in [0, 0.05) is 49.7 Å². The minimum Gasteiger partial charge on any atom is -0.354 e. The second kappa shape index (κ2) is 8.04. The number of anilines is 1. The van der Waals surface area contributed by atoms with Gasteiger partial charge in [0.2, 0.25) is 0 Å². The van der Waals surface area contributed by atoms with Gasteiger partial charge >= 0.3 is 0 Å². The van der Waals surface area contributed by atoms with E-state index in [0.29, 0.717) is 5.69 Å². The first-order valence-electron chi connectivity index (χ1n) is 9.19. The second-order valence-electron chi connectivity index (χ2n) is 6.78. The van der Waals surface area contributed by atoms with E-state index in [-0.39, 0.29) is 10.6 Å². The summed E-state index contributed by atoms with van der Waals surface area (Å²) in [6.45, 7) is 6.38. The second-order valence-corrected chi connectivity index (χ2v) is 7.84. The summed E-state index contributed by atoms with van der Waals surface area (Å²) in [5.74, 6) is 0.786. The molecule has 0 amide bonds. The Balaban J connectivity index is 1.50. The van der Waals surface area contributed by atoms with Gasteiger partial charge in [0.1, 0.15) is 5.82 Å². The van der Waals surface area contributed by atoms with Crippen LogP contribution in [0.25, 0.3) is 11.3 Å². The Bertz CT molecular complexity index is 968. The number of rotatable bonds is 5. The predicted octanol–water partition coefficient (Wildman–Crippen LogP) is 3.74. The molecule has 0 unspecified atom stereocenters. The molecule has 0 aliphatic carbocycles. The fourth-order valence-corrected chi connectivity index (χ4v) is 4.02. The largest absolute Gasteiger partial charge is 0.354 e. The van der Waals surface area contributed by atoms with Crippen LogP contribution in [0.15, 0.2) is 47.8 Å². The van der Waals surface area contributed by atoms with Gasteiger partial charge in [0.05, 0.1) is 15.6 Å². The molecule has 144 valence electrons. The minimum absolute atomic E-state index is 0.0347. The Morgan fingerprint density at radius 1 is 1.07 bits per heavy atom. The number of nitro groups is 1. The van der Waals surface area contributed by atoms with Crippen LogP contribution in [-0.4, -0.2) is 46.0 Å². The van der Waals surface area contributed by atoms with Gasteiger partial charge < -0.3 is 4.90 Å². The van der Waals surface area contributed by atoms with Gasteiger partial charge in [-0.2, -0.15) is 0 Å². The Hall–Kier alpha value is -2.84. The molecule has 2 aromatic heterocycles. The maximum Gasteiger partial charge on any atom is 0.295 e. The van der Waals surface area contributed by atoms with Crippen LogP contribution < -0.4 is 4.90 Å². The molecule has 7 nitrogen and oxygen atoms in total. The summed E-state index contributed by atoms with van der Waals surface area (Å²) < 4.78 is 0. The van der Waals surface area contributed by atoms with Gasteiger partial charge in [-0.15, -0.1) is 11.3 Å². The molecule has 8 heteroatoms. The van der Waals surface area contributed by atoms with Crippen molar-refractivity contribution in [3.05, 3.63) is 68.7 Å². The highest BCUT2D eigenvalue weighted by atomic mass is 32.1. The number of thiazole rings is 1. The van der Waals surface area contributed by atoms with Crippen LogP contribution in [0.4, 0.5) is 11.5 Å². The Morgan fingerprint density at radius 3 is 2.46 bits per heavy atom. The number of benzene rings is 1. The molecule has 0 radical (unpaired) electrons. The SMILES string of the molecule is Cc1nc(CN2CCN(c3ccc([N+](=O)[O-])c(-c4ccccc4)n3)CC2)cs1. The van der Waals surface area contributed by atoms with E-state index in [4.69, 9.17) is 0 Å². The van der Waals surface area contributed by atoms with E-state index in [1.807, 2.05) is 37.3 Å². The maximum absolute atomic E-state index is 11.4. The standard InChI is InChI=1S/C20H21N5O2S/c1-15-21-17(14-28-15)13-23-9-11-24(12-10-23)19-8-7-18(25(26)27)20(22-19)16-5-3-2-4-6-16/h2-8,14H,9-13H2,1H3. The fourth-order valence-electron chi connectivity index (χ4n) is 3.42. The number of aromatic nitrogens is 2. The molecule has 1 aromatic carbocycles. The molecule has 1 fully saturated rings. The van der Waals surface area contributed by atoms with Crippen molar-refractivity contribution in [2.24, 2.45) is 0 Å². The van der Waals surface area contributed by atoms with Crippen molar-refractivity contribution in [2.45, 2.75) is 13.5 Å². The van der Waals surface area contributed by atoms with Crippen molar-refractivity contribution in [3.63, 3.8) is 0 Å². The smallest absolute Gasteiger partial charge is 0.295 e. The first-order valence-corrected chi connectivity index (χ1v) is 10.1. The number of nitrogens with zero attached hydrogens (tertiary/aromatic N) is 5. The van der Waals surface area contributed by atoms with Gasteiger partial charge in [-0.3, -0.25) is 15.0 Å². The lowest BCUT2D eigenvalue weighted by Gasteiger charge is -2.35. The van der Waals surface area contributed by atoms with Crippen molar-refractivity contribution >= 4 is 22.8 Å². The molecule has 1 aliphatic rings. The number of pyridine rings is 1. The van der Waals surface area contributed by atoms with Crippen molar-refractivity contribution in [1.82, 2.24) is 14.9 Å². The third kappa shape index (κ3) is 4.02. The number of piperazine rings is 1. The van der Waals surface area contributed by atoms with Crippen LogP contribution in [0.5, 0.6) is 0 Å². The molecule has 28 heavy (non-hydrogen) atoms. The summed E-state index contributed by atoms with van der Waals surface area (Å²) in [5, 5.41) is 14.7. The Morgan fingerprint density at radius 2 is 1.82 bits per heavy atom. The quantitative estimate of drug-likeness (QED) is 0.484. The van der Waals surface area contributed by atoms with E-state index in [1.54, 1.807) is 23.5 Å². The highest BCUT2D eigenvalue weighted by molar-refractivity contribution is 7.09. The predicted molar refractivity (Wildman–Crippen MR) is 111 cm³/mol. The van der Waals surface area contributed by atoms with Crippen LogP contribution in [0.1, 0.15) is 10.7 Å². The van der Waals surface area contributed by atoms with Crippen LogP contribution in [0.3, 0.4) is 0 Å². The number of hydrogen-bond donors (Lipinski definition) is 0. The molecule has 0 spiro atoms. The molecular formula is C20H21N5O2S. The molecule has 1 aliphatic heterocycles. The van der Waals surface area contributed by atoms with Crippen LogP contribution in [0.2, 0.25) is 0 Å². The molecule has 0 saturated carbocycles. The third-order valence-corrected chi connectivity index (χ3v) is 5.67. The average Bonchev–Trinajstić information content (AvgIpc) is 3.13. The molecule has 0 bridgehead atoms. The van der Waals surface area contributed by atoms with Crippen LogP contribution in [-0.2, 0) is 6.54 Å². The highest BCUT2D eigenvalue weighted by Crippen LogP contribution is 2.30. The highest BCUT2D eigenvalue weighted by Gasteiger charge is 2.23. The van der Waals surface area contributed by atoms with Gasteiger partial charge in [0.15, 0.2) is 5.69 Å². The lowest BCUT2D eigenvalue weighted by atomic mass is 10.1. The zero-order valence-electron chi connectivity index (χ0n) is 15.6. The van der Waals surface area contributed by atoms with E-state index in [1.165, 1.54) is 0 Å². The first kappa shape index (κ1) is 18.5. The molecule has 4 rings (SSSR count). The van der Waals surface area contributed by atoms with E-state index >= 15 is 0 Å². The van der Waals surface area contributed by atoms with E-state index in [0.717, 1.165) is 54.8 Å². The molecule has 3 aromatic rings. The minimum atomic E-state index is -0.368. The molecular weight excluding hydrogens is 374 g/mol. The van der Waals surface area contributed by atoms with Gasteiger partial charge in [-0.05, 0) is 13.0 Å². The summed E-state index contributed by atoms with van der Waals surface area (Å²) in [6, 6.07) is 12.7. The number of hydrogen-bond acceptors (Lipinski definition) is 7. The topological polar surface area (TPSA) is 75.4 Å². The molecule has 1 saturated heterocycles. The molecule has 0 atom stereocenters. The van der Waals surface area contributed by atoms with E-state index in [2.05, 4.69) is 25.1 Å². The monoisotopic (exact) mass is 395 g/mol. The molecule has 3 heterocycles. The Kier molecular flexibility index (Phi) is 5.31. The van der Waals surface area contributed by atoms with E-state index in [9.17, 15) is 10.1 Å². The summed E-state index contributed by atoms with van der Waals surface area (Å²) >= 11 is 1.68. The van der Waals surface area contributed by atoms with Crippen molar-refractivity contribution < 1.29 is 4.92 Å². The maximum atomic E-state index is 11.4. The number of aryl methyl sites for hydroxylation is 1. The van der Waals surface area contributed by atoms with Crippen LogP contribution in [0, 0.1) is 17.0 Å². The summed E-state index contributed by atoms with van der Waals surface area (Å²) in [5.41, 5.74) is 2.33. The van der Waals surface area contributed by atoms with Crippen molar-refractivity contribution in [2.75, 3.05) is 31.1 Å². The van der Waals surface area contributed by atoms with Gasteiger partial charge in [-0.25, -0.2) is 9.97 Å². The zero-order chi connectivity index (χ0) is 19.5. The van der Waals surface area contributed by atoms with Crippen LogP contribution >= 0.6 is 11.3 Å². The first-order chi connectivity index (χ1) is 13.6. The van der Waals surface area contributed by atoms with Crippen molar-refractivity contribution in [3.8, 4) is 11.3 Å². The third-order valence-electron chi connectivity index (χ3n) is 4.85. The van der Waals surface area contributed by atoms with Gasteiger partial charge in [0.25, 0.3) is 5.69 Å². The summed E-state index contributed by atoms with van der Waals surface area (Å²) in [7, 11) is 0. The molecule has 0 N–H and O–H groups in total. The van der Waals surface area contributed by atoms with Gasteiger partial charge in [-0.1, -0.05) is 30.3 Å². The Labute approximate surface area is 167 Å². The lowest BCUT2D eigenvalue weighted by molar-refractivity contribution is -0.384. The average molecular weight is 395 g/mol. The van der Waals surface area contributed by atoms with E-state index < -0.39 is 0 Å². The summed E-state index contributed by atoms with van der Waals surface area (Å²) in [4.78, 5) is 24.8. The fraction of sp³-hybridized carbons (Fsp3) is 0.300. The summed E-state index contributed by atoms with van der Waals surface area (Å²) in [6.07, 6.45) is 0. The normalized spacial score (nSPS) is 15.0.